The lowest BCUT2D eigenvalue weighted by Gasteiger charge is -2.47. The molecule has 1 amide bonds. The van der Waals surface area contributed by atoms with E-state index in [1.165, 1.54) is 25.3 Å². The first-order valence-electron chi connectivity index (χ1n) is 21.8. The number of nitrogens with zero attached hydrogens (tertiary/aromatic N) is 3. The monoisotopic (exact) mass is 814 g/mol. The number of amides is 1. The molecule has 13 atom stereocenters. The van der Waals surface area contributed by atoms with Gasteiger partial charge >= 0.3 is 12.1 Å². The molecular weight excluding hydrogens is 743 g/mol. The molecule has 1 aromatic carbocycles. The van der Waals surface area contributed by atoms with E-state index in [0.29, 0.717) is 25.9 Å². The molecule has 4 aliphatic heterocycles. The average Bonchev–Trinajstić information content (AvgIpc) is 3.47. The number of methoxy groups -OCH3 is 1. The van der Waals surface area contributed by atoms with Crippen LogP contribution in [0.4, 0.5) is 10.5 Å². The highest BCUT2D eigenvalue weighted by molar-refractivity contribution is 6.00. The molecule has 1 aromatic rings. The van der Waals surface area contributed by atoms with E-state index in [0.717, 1.165) is 32.4 Å². The minimum atomic E-state index is -1.37. The third-order valence-corrected chi connectivity index (χ3v) is 13.8. The molecule has 0 aliphatic carbocycles. The van der Waals surface area contributed by atoms with E-state index < -0.39 is 83.4 Å². The predicted molar refractivity (Wildman–Crippen MR) is 220 cm³/mol. The predicted octanol–water partition coefficient (Wildman–Crippen LogP) is 5.81. The van der Waals surface area contributed by atoms with Gasteiger partial charge in [0.25, 0.3) is 0 Å². The van der Waals surface area contributed by atoms with Gasteiger partial charge in [0, 0.05) is 56.2 Å². The van der Waals surface area contributed by atoms with Crippen LogP contribution in [0.2, 0.25) is 0 Å². The van der Waals surface area contributed by atoms with Crippen LogP contribution in [0.1, 0.15) is 106 Å². The van der Waals surface area contributed by atoms with Crippen molar-refractivity contribution in [2.45, 2.75) is 161 Å². The number of Topliss-reactive ketones (excluding diaryl/α,β-unsaturated/α-hetero) is 2. The summed E-state index contributed by atoms with van der Waals surface area (Å²) in [5.41, 5.74) is -0.0106. The first-order valence-corrected chi connectivity index (χ1v) is 21.8. The van der Waals surface area contributed by atoms with Crippen molar-refractivity contribution in [2.24, 2.45) is 23.7 Å². The van der Waals surface area contributed by atoms with Crippen molar-refractivity contribution >= 4 is 29.3 Å². The number of ether oxygens (including phenoxy) is 5. The van der Waals surface area contributed by atoms with Crippen LogP contribution in [0.5, 0.6) is 0 Å². The minimum Gasteiger partial charge on any atom is -0.458 e. The molecule has 1 N–H and O–H groups in total. The number of fused-ring (bicyclic) bond motifs is 2. The zero-order chi connectivity index (χ0) is 42.7. The first kappa shape index (κ1) is 46.0. The van der Waals surface area contributed by atoms with Gasteiger partial charge in [0.15, 0.2) is 17.7 Å². The van der Waals surface area contributed by atoms with Crippen molar-refractivity contribution in [3.8, 4) is 0 Å². The molecule has 0 saturated carbocycles. The number of aryl methyl sites for hydroxylation is 1. The van der Waals surface area contributed by atoms with Crippen LogP contribution >= 0.6 is 0 Å². The molecule has 326 valence electrons. The van der Waals surface area contributed by atoms with Gasteiger partial charge in [-0.1, -0.05) is 52.8 Å². The minimum absolute atomic E-state index is 0.121. The van der Waals surface area contributed by atoms with Crippen molar-refractivity contribution in [3.05, 3.63) is 29.8 Å². The highest BCUT2D eigenvalue weighted by Crippen LogP contribution is 2.43. The van der Waals surface area contributed by atoms with Crippen LogP contribution < -0.4 is 4.90 Å². The fourth-order valence-electron chi connectivity index (χ4n) is 10.3. The van der Waals surface area contributed by atoms with Gasteiger partial charge in [0.2, 0.25) is 0 Å². The number of esters is 1. The number of aliphatic hydroxyl groups is 1. The maximum Gasteiger partial charge on any atom is 0.410 e. The Morgan fingerprint density at radius 1 is 0.966 bits per heavy atom. The van der Waals surface area contributed by atoms with Gasteiger partial charge in [-0.05, 0) is 97.9 Å². The molecule has 0 aromatic heterocycles. The number of cyclic esters (lactones) is 1. The van der Waals surface area contributed by atoms with E-state index in [1.807, 2.05) is 46.6 Å². The number of benzene rings is 1. The zero-order valence-electron chi connectivity index (χ0n) is 36.9. The fourth-order valence-corrected chi connectivity index (χ4v) is 10.3. The molecule has 4 heterocycles. The highest BCUT2D eigenvalue weighted by Gasteiger charge is 2.60. The van der Waals surface area contributed by atoms with Gasteiger partial charge < -0.3 is 43.5 Å². The number of hydrogen-bond acceptors (Lipinski definition) is 12. The summed E-state index contributed by atoms with van der Waals surface area (Å²) in [5.74, 6) is -4.80. The van der Waals surface area contributed by atoms with Crippen LogP contribution in [0.3, 0.4) is 0 Å². The van der Waals surface area contributed by atoms with Gasteiger partial charge in [0.05, 0.1) is 23.9 Å². The van der Waals surface area contributed by atoms with Gasteiger partial charge in [-0.25, -0.2) is 4.79 Å². The summed E-state index contributed by atoms with van der Waals surface area (Å²) in [6, 6.07) is 7.49. The molecule has 13 nitrogen and oxygen atoms in total. The second-order valence-corrected chi connectivity index (χ2v) is 17.9. The summed E-state index contributed by atoms with van der Waals surface area (Å²) < 4.78 is 31.4. The Morgan fingerprint density at radius 3 is 2.33 bits per heavy atom. The Morgan fingerprint density at radius 2 is 1.66 bits per heavy atom. The second-order valence-electron chi connectivity index (χ2n) is 17.9. The first-order chi connectivity index (χ1) is 27.4. The molecule has 13 heteroatoms. The number of ketones is 2. The molecule has 5 rings (SSSR count). The summed E-state index contributed by atoms with van der Waals surface area (Å²) in [6.45, 7) is 19.1. The molecule has 0 radical (unpaired) electrons. The van der Waals surface area contributed by atoms with E-state index in [-0.39, 0.29) is 30.8 Å². The summed E-state index contributed by atoms with van der Waals surface area (Å²) >= 11 is 0. The lowest BCUT2D eigenvalue weighted by atomic mass is 9.73. The van der Waals surface area contributed by atoms with E-state index in [4.69, 9.17) is 23.7 Å². The Hall–Kier alpha value is -3.10. The summed E-state index contributed by atoms with van der Waals surface area (Å²) in [7, 11) is 3.45. The van der Waals surface area contributed by atoms with E-state index in [1.54, 1.807) is 25.7 Å². The normalized spacial score (nSPS) is 37.9. The smallest absolute Gasteiger partial charge is 0.410 e. The largest absolute Gasteiger partial charge is 0.458 e. The van der Waals surface area contributed by atoms with Crippen molar-refractivity contribution in [1.29, 1.82) is 0 Å². The van der Waals surface area contributed by atoms with Crippen LogP contribution in [0.25, 0.3) is 0 Å². The van der Waals surface area contributed by atoms with Crippen LogP contribution in [0, 0.1) is 23.7 Å². The molecule has 0 bridgehead atoms. The van der Waals surface area contributed by atoms with Gasteiger partial charge in [-0.2, -0.15) is 0 Å². The average molecular weight is 814 g/mol. The standard InChI is InChI=1S/C45H71N3O10/c1-12-35-45(9)39(48(43(53)58-45)24-17-16-22-47-23-18-20-32-19-14-15-21-33(32)47)29(5)36(49)27(3)26-44(8,54-11)40(30(6)37(50)31(7)41(52)56-35)57-42-38(51)34(46(10)13-2)25-28(4)55-42/h14-15,19,21,27-31,34-35,38-40,42,51H,12-13,16-18,20,22-26H2,1-11H3/t27-,28-,29+,30+,31-,34+,35-,38-,39+,40-,42+,44-,45-/m1/s1. The molecule has 4 aliphatic rings. The number of para-hydroxylation sites is 1. The topological polar surface area (TPSA) is 144 Å². The van der Waals surface area contributed by atoms with Crippen molar-refractivity contribution in [1.82, 2.24) is 9.80 Å². The quantitative estimate of drug-likeness (QED) is 0.164. The van der Waals surface area contributed by atoms with Gasteiger partial charge in [-0.3, -0.25) is 14.4 Å². The number of likely N-dealkylation sites (N-methyl/N-ethyl adjacent to an activating group) is 1. The molecule has 58 heavy (non-hydrogen) atoms. The van der Waals surface area contributed by atoms with E-state index in [2.05, 4.69) is 29.2 Å². The number of hydrogen-bond donors (Lipinski definition) is 1. The number of aliphatic hydroxyl groups excluding tert-OH is 1. The number of anilines is 1. The lowest BCUT2D eigenvalue weighted by Crippen LogP contribution is -2.60. The van der Waals surface area contributed by atoms with E-state index in [9.17, 15) is 24.3 Å². The third kappa shape index (κ3) is 9.28. The van der Waals surface area contributed by atoms with Gasteiger partial charge in [0.1, 0.15) is 23.9 Å². The second kappa shape index (κ2) is 19.1. The van der Waals surface area contributed by atoms with E-state index >= 15 is 0 Å². The number of carbonyl (C=O) groups is 4. The Balaban J connectivity index is 1.45. The summed E-state index contributed by atoms with van der Waals surface area (Å²) in [6.07, 6.45) is -0.209. The van der Waals surface area contributed by atoms with Gasteiger partial charge in [-0.15, -0.1) is 0 Å². The van der Waals surface area contributed by atoms with Crippen molar-refractivity contribution in [2.75, 3.05) is 45.2 Å². The zero-order valence-corrected chi connectivity index (χ0v) is 36.9. The summed E-state index contributed by atoms with van der Waals surface area (Å²) in [4.78, 5) is 63.2. The Kier molecular flexibility index (Phi) is 15.1. The van der Waals surface area contributed by atoms with Crippen molar-refractivity contribution < 1.29 is 48.0 Å². The lowest BCUT2D eigenvalue weighted by molar-refractivity contribution is -0.296. The Labute approximate surface area is 346 Å². The third-order valence-electron chi connectivity index (χ3n) is 13.8. The maximum atomic E-state index is 14.8. The SMILES string of the molecule is CC[C@H]1OC(=O)[C@H](C)C(=O)[C@H](C)[C@@H](O[C@@H]2O[C@H](C)C[C@H](N(C)CC)[C@H]2O)[C@](C)(OC)C[C@@H](C)C(=O)[C@H](C)[C@@H]2N(CCCCN3CCCc4ccccc43)C(=O)O[C@@]21C. The molecule has 0 spiro atoms. The number of rotatable bonds is 11. The fraction of sp³-hybridized carbons (Fsp3) is 0.778. The highest BCUT2D eigenvalue weighted by atomic mass is 16.7. The molecule has 3 saturated heterocycles. The Bertz CT molecular complexity index is 1610. The molecular formula is C45H71N3O10. The molecule has 0 unspecified atom stereocenters. The maximum absolute atomic E-state index is 14.8. The van der Waals surface area contributed by atoms with Crippen LogP contribution in [0.15, 0.2) is 24.3 Å². The van der Waals surface area contributed by atoms with Crippen LogP contribution in [-0.4, -0.2) is 133 Å². The van der Waals surface area contributed by atoms with Crippen LogP contribution in [-0.2, 0) is 44.5 Å². The number of carbonyl (C=O) groups excluding carboxylic acids is 4. The molecule has 3 fully saturated rings. The summed E-state index contributed by atoms with van der Waals surface area (Å²) in [5, 5.41) is 11.6. The number of unbranched alkanes of at least 4 members (excludes halogenated alkanes) is 1. The van der Waals surface area contributed by atoms with Crippen molar-refractivity contribution in [3.63, 3.8) is 0 Å².